The van der Waals surface area contributed by atoms with E-state index in [1.807, 2.05) is 0 Å². The molecule has 128 valence electrons. The first-order valence-electron chi connectivity index (χ1n) is 8.47. The molecule has 0 saturated heterocycles. The highest BCUT2D eigenvalue weighted by Crippen LogP contribution is 2.40. The largest absolute Gasteiger partial charge is 0.469 e. The van der Waals surface area contributed by atoms with Crippen LogP contribution in [0.25, 0.3) is 0 Å². The average Bonchev–Trinajstić information content (AvgIpc) is 2.87. The number of hydrogen-bond acceptors (Lipinski definition) is 3. The molecule has 0 fully saturated rings. The smallest absolute Gasteiger partial charge is 0.306 e. The second-order valence-corrected chi connectivity index (χ2v) is 12.9. The zero-order valence-electron chi connectivity index (χ0n) is 15.4. The molecule has 0 spiro atoms. The predicted molar refractivity (Wildman–Crippen MR) is 96.1 cm³/mol. The standard InChI is InChI=1S/C19H30O3Si/c1-19(2,3)23(5,6)22-13-15-8-7-9-16-14(10-11-17(15)16)12-18(20)21-4/h7-9,14H,10-13H2,1-6H3. The minimum atomic E-state index is -1.74. The van der Waals surface area contributed by atoms with Crippen molar-refractivity contribution in [1.29, 1.82) is 0 Å². The van der Waals surface area contributed by atoms with Crippen molar-refractivity contribution in [3.05, 3.63) is 34.9 Å². The van der Waals surface area contributed by atoms with Crippen LogP contribution >= 0.6 is 0 Å². The molecular weight excluding hydrogens is 304 g/mol. The monoisotopic (exact) mass is 334 g/mol. The average molecular weight is 335 g/mol. The van der Waals surface area contributed by atoms with Crippen LogP contribution in [0.15, 0.2) is 18.2 Å². The van der Waals surface area contributed by atoms with E-state index in [1.54, 1.807) is 0 Å². The van der Waals surface area contributed by atoms with Crippen LogP contribution in [0.3, 0.4) is 0 Å². The summed E-state index contributed by atoms with van der Waals surface area (Å²) in [6, 6.07) is 6.43. The van der Waals surface area contributed by atoms with Crippen molar-refractivity contribution < 1.29 is 14.0 Å². The molecule has 1 aliphatic carbocycles. The number of hydrogen-bond donors (Lipinski definition) is 0. The summed E-state index contributed by atoms with van der Waals surface area (Å²) in [6.07, 6.45) is 2.55. The number of esters is 1. The molecular formula is C19H30O3Si. The molecule has 0 N–H and O–H groups in total. The van der Waals surface area contributed by atoms with Gasteiger partial charge in [-0.15, -0.1) is 0 Å². The van der Waals surface area contributed by atoms with Crippen molar-refractivity contribution in [2.24, 2.45) is 0 Å². The Kier molecular flexibility index (Phi) is 5.36. The lowest BCUT2D eigenvalue weighted by molar-refractivity contribution is -0.141. The van der Waals surface area contributed by atoms with Gasteiger partial charge >= 0.3 is 5.97 Å². The lowest BCUT2D eigenvalue weighted by Crippen LogP contribution is -2.40. The van der Waals surface area contributed by atoms with Crippen molar-refractivity contribution in [3.63, 3.8) is 0 Å². The van der Waals surface area contributed by atoms with Crippen molar-refractivity contribution in [1.82, 2.24) is 0 Å². The number of benzene rings is 1. The maximum Gasteiger partial charge on any atom is 0.306 e. The van der Waals surface area contributed by atoms with E-state index >= 15 is 0 Å². The molecule has 1 atom stereocenters. The Morgan fingerprint density at radius 2 is 2.00 bits per heavy atom. The van der Waals surface area contributed by atoms with E-state index in [0.717, 1.165) is 12.8 Å². The van der Waals surface area contributed by atoms with Crippen LogP contribution in [0.1, 0.15) is 56.2 Å². The second-order valence-electron chi connectivity index (χ2n) is 8.05. The second kappa shape index (κ2) is 6.77. The van der Waals surface area contributed by atoms with Gasteiger partial charge in [-0.1, -0.05) is 39.0 Å². The number of rotatable bonds is 5. The first-order chi connectivity index (χ1) is 10.7. The fourth-order valence-electron chi connectivity index (χ4n) is 2.92. The Morgan fingerprint density at radius 1 is 1.30 bits per heavy atom. The van der Waals surface area contributed by atoms with Gasteiger partial charge in [-0.25, -0.2) is 0 Å². The van der Waals surface area contributed by atoms with Crippen molar-refractivity contribution in [3.8, 4) is 0 Å². The molecule has 1 aromatic rings. The van der Waals surface area contributed by atoms with Crippen LogP contribution in [0.2, 0.25) is 18.1 Å². The molecule has 0 aliphatic heterocycles. The van der Waals surface area contributed by atoms with Crippen LogP contribution in [-0.4, -0.2) is 21.4 Å². The molecule has 1 unspecified atom stereocenters. The van der Waals surface area contributed by atoms with Gasteiger partial charge < -0.3 is 9.16 Å². The summed E-state index contributed by atoms with van der Waals surface area (Å²) in [5.74, 6) is 0.177. The van der Waals surface area contributed by atoms with E-state index in [-0.39, 0.29) is 11.0 Å². The number of fused-ring (bicyclic) bond motifs is 1. The maximum absolute atomic E-state index is 11.6. The number of methoxy groups -OCH3 is 1. The van der Waals surface area contributed by atoms with Gasteiger partial charge in [0.1, 0.15) is 0 Å². The van der Waals surface area contributed by atoms with E-state index in [4.69, 9.17) is 9.16 Å². The summed E-state index contributed by atoms with van der Waals surface area (Å²) in [5, 5.41) is 0.221. The number of ether oxygens (including phenoxy) is 1. The van der Waals surface area contributed by atoms with Crippen LogP contribution in [-0.2, 0) is 27.0 Å². The minimum absolute atomic E-state index is 0.120. The van der Waals surface area contributed by atoms with E-state index in [9.17, 15) is 4.79 Å². The molecule has 3 nitrogen and oxygen atoms in total. The van der Waals surface area contributed by atoms with E-state index < -0.39 is 8.32 Å². The van der Waals surface area contributed by atoms with Gasteiger partial charge in [0.2, 0.25) is 0 Å². The molecule has 0 aromatic heterocycles. The molecule has 1 aliphatic rings. The first-order valence-corrected chi connectivity index (χ1v) is 11.4. The number of carbonyl (C=O) groups excluding carboxylic acids is 1. The van der Waals surface area contributed by atoms with Gasteiger partial charge in [-0.2, -0.15) is 0 Å². The third kappa shape index (κ3) is 4.04. The summed E-state index contributed by atoms with van der Waals surface area (Å²) in [4.78, 5) is 11.6. The van der Waals surface area contributed by atoms with Crippen LogP contribution < -0.4 is 0 Å². The lowest BCUT2D eigenvalue weighted by atomic mass is 9.96. The number of carbonyl (C=O) groups is 1. The highest BCUT2D eigenvalue weighted by atomic mass is 28.4. The molecule has 0 radical (unpaired) electrons. The maximum atomic E-state index is 11.6. The fourth-order valence-corrected chi connectivity index (χ4v) is 3.87. The third-order valence-corrected chi connectivity index (χ3v) is 10.0. The molecule has 0 saturated carbocycles. The Hall–Kier alpha value is -1.13. The highest BCUT2D eigenvalue weighted by molar-refractivity contribution is 6.74. The summed E-state index contributed by atoms with van der Waals surface area (Å²) < 4.78 is 11.2. The van der Waals surface area contributed by atoms with Crippen molar-refractivity contribution in [2.75, 3.05) is 7.11 Å². The molecule has 0 amide bonds. The van der Waals surface area contributed by atoms with Crippen molar-refractivity contribution in [2.45, 2.75) is 70.7 Å². The Morgan fingerprint density at radius 3 is 2.61 bits per heavy atom. The lowest BCUT2D eigenvalue weighted by Gasteiger charge is -2.36. The predicted octanol–water partition coefficient (Wildman–Crippen LogP) is 4.80. The zero-order chi connectivity index (χ0) is 17.3. The molecule has 0 heterocycles. The molecule has 0 bridgehead atoms. The topological polar surface area (TPSA) is 35.5 Å². The molecule has 2 rings (SSSR count). The summed E-state index contributed by atoms with van der Waals surface area (Å²) in [6.45, 7) is 12.1. The third-order valence-electron chi connectivity index (χ3n) is 5.53. The summed E-state index contributed by atoms with van der Waals surface area (Å²) in [7, 11) is -0.283. The summed E-state index contributed by atoms with van der Waals surface area (Å²) in [5.41, 5.74) is 3.99. The molecule has 1 aromatic carbocycles. The van der Waals surface area contributed by atoms with E-state index in [1.165, 1.54) is 23.8 Å². The quantitative estimate of drug-likeness (QED) is 0.573. The van der Waals surface area contributed by atoms with Gasteiger partial charge in [0.25, 0.3) is 0 Å². The van der Waals surface area contributed by atoms with Gasteiger partial charge in [0.05, 0.1) is 20.1 Å². The Labute approximate surface area is 141 Å². The zero-order valence-corrected chi connectivity index (χ0v) is 16.4. The molecule has 4 heteroatoms. The molecule has 23 heavy (non-hydrogen) atoms. The minimum Gasteiger partial charge on any atom is -0.469 e. The van der Waals surface area contributed by atoms with Gasteiger partial charge in [-0.3, -0.25) is 4.79 Å². The SMILES string of the molecule is COC(=O)CC1CCc2c(CO[Si](C)(C)C(C)(C)C)cccc21. The highest BCUT2D eigenvalue weighted by Gasteiger charge is 2.37. The van der Waals surface area contributed by atoms with E-state index in [2.05, 4.69) is 52.1 Å². The van der Waals surface area contributed by atoms with Crippen LogP contribution in [0, 0.1) is 0 Å². The van der Waals surface area contributed by atoms with Crippen molar-refractivity contribution >= 4 is 14.3 Å². The van der Waals surface area contributed by atoms with Gasteiger partial charge in [0.15, 0.2) is 8.32 Å². The van der Waals surface area contributed by atoms with Crippen LogP contribution in [0.4, 0.5) is 0 Å². The van der Waals surface area contributed by atoms with Gasteiger partial charge in [-0.05, 0) is 53.6 Å². The normalized spacial score (nSPS) is 17.9. The summed E-state index contributed by atoms with van der Waals surface area (Å²) >= 11 is 0. The Balaban J connectivity index is 2.13. The first kappa shape index (κ1) is 18.2. The Bertz CT molecular complexity index is 572. The van der Waals surface area contributed by atoms with Gasteiger partial charge in [0, 0.05) is 0 Å². The fraction of sp³-hybridized carbons (Fsp3) is 0.632. The van der Waals surface area contributed by atoms with E-state index in [0.29, 0.717) is 18.9 Å². The van der Waals surface area contributed by atoms with Crippen LogP contribution in [0.5, 0.6) is 0 Å².